The Hall–Kier alpha value is -4.35. The molecule has 268 valence electrons. The summed E-state index contributed by atoms with van der Waals surface area (Å²) in [5, 5.41) is 2.91. The van der Waals surface area contributed by atoms with E-state index in [1.54, 1.807) is 23.5 Å². The van der Waals surface area contributed by atoms with Crippen LogP contribution in [0.5, 0.6) is 11.6 Å². The fraction of sp³-hybridized carbons (Fsp3) is 0.605. The number of aryl methyl sites for hydroxylation is 1. The smallest absolute Gasteiger partial charge is 0.408 e. The van der Waals surface area contributed by atoms with Gasteiger partial charge in [-0.05, 0) is 75.3 Å². The Kier molecular flexibility index (Phi) is 10.8. The van der Waals surface area contributed by atoms with Crippen LogP contribution in [-0.4, -0.2) is 73.5 Å². The monoisotopic (exact) mass is 686 g/mol. The van der Waals surface area contributed by atoms with Gasteiger partial charge in [0, 0.05) is 24.4 Å². The molecule has 1 N–H and O–H groups in total. The first-order valence-corrected chi connectivity index (χ1v) is 18.1. The molecule has 0 radical (unpaired) electrons. The van der Waals surface area contributed by atoms with Crippen LogP contribution in [0.3, 0.4) is 0 Å². The molecule has 2 fully saturated rings. The predicted octanol–water partition coefficient (Wildman–Crippen LogP) is 6.00. The zero-order chi connectivity index (χ0) is 35.4. The molecule has 2 aromatic heterocycles. The number of carbonyl (C=O) groups excluding carboxylic acids is 3. The molecule has 12 heteroatoms. The lowest BCUT2D eigenvalue weighted by atomic mass is 9.85. The van der Waals surface area contributed by atoms with E-state index in [1.165, 1.54) is 6.92 Å². The Balaban J connectivity index is 1.35. The molecule has 2 bridgehead atoms. The number of nitrogens with zero attached hydrogens (tertiary/aromatic N) is 5. The minimum Gasteiger partial charge on any atom is -0.487 e. The molecular weight excluding hydrogens is 636 g/mol. The first-order chi connectivity index (χ1) is 24.0. The van der Waals surface area contributed by atoms with E-state index in [-0.39, 0.29) is 36.9 Å². The van der Waals surface area contributed by atoms with E-state index < -0.39 is 29.7 Å². The van der Waals surface area contributed by atoms with Crippen LogP contribution in [0.4, 0.5) is 4.79 Å². The summed E-state index contributed by atoms with van der Waals surface area (Å²) in [5.74, 6) is 0.591. The zero-order valence-corrected chi connectivity index (χ0v) is 29.9. The van der Waals surface area contributed by atoms with Gasteiger partial charge in [-0.2, -0.15) is 0 Å². The van der Waals surface area contributed by atoms with Gasteiger partial charge >= 0.3 is 6.09 Å². The van der Waals surface area contributed by atoms with Gasteiger partial charge in [0.2, 0.25) is 11.8 Å². The molecule has 1 aliphatic carbocycles. The van der Waals surface area contributed by atoms with Crippen LogP contribution in [0.1, 0.15) is 97.4 Å². The lowest BCUT2D eigenvalue weighted by Crippen LogP contribution is -2.57. The molecule has 0 unspecified atom stereocenters. The number of fused-ring (bicyclic) bond motifs is 5. The number of Topliss-reactive ketones (excluding diaryl/α,β-unsaturated/α-hetero) is 1. The number of ketones is 1. The molecule has 12 nitrogen and oxygen atoms in total. The first-order valence-electron chi connectivity index (χ1n) is 18.1. The van der Waals surface area contributed by atoms with Gasteiger partial charge in [0.25, 0.3) is 0 Å². The van der Waals surface area contributed by atoms with Gasteiger partial charge in [-0.25, -0.2) is 14.8 Å². The minimum absolute atomic E-state index is 0.124. The van der Waals surface area contributed by atoms with Gasteiger partial charge in [-0.15, -0.1) is 0 Å². The Bertz CT molecular complexity index is 1680. The summed E-state index contributed by atoms with van der Waals surface area (Å²) in [6, 6.07) is 4.00. The second-order valence-electron chi connectivity index (χ2n) is 15.1. The second-order valence-corrected chi connectivity index (χ2v) is 15.1. The molecule has 1 saturated heterocycles. The molecule has 50 heavy (non-hydrogen) atoms. The SMILES string of the molecule is CC[C@@H]1[C@@H]2CN(C(=O)[C@H](C(C)(C)C)NC(=O)O[C@@H]3CCC[C@H]3CCCCCc3nc4ccc(OCc5cnccn5)cc4nc3O2)[C@@H]1C(C)=O. The summed E-state index contributed by atoms with van der Waals surface area (Å²) in [7, 11) is 0. The maximum atomic E-state index is 14.4. The summed E-state index contributed by atoms with van der Waals surface area (Å²) in [6.45, 7) is 9.68. The van der Waals surface area contributed by atoms with Crippen molar-refractivity contribution in [1.29, 1.82) is 0 Å². The van der Waals surface area contributed by atoms with Gasteiger partial charge in [0.05, 0.1) is 35.5 Å². The number of nitrogens with one attached hydrogen (secondary N) is 1. The van der Waals surface area contributed by atoms with E-state index in [9.17, 15) is 14.4 Å². The summed E-state index contributed by atoms with van der Waals surface area (Å²) in [6.07, 6.45) is 11.6. The molecule has 2 amide bonds. The molecule has 3 aromatic rings. The van der Waals surface area contributed by atoms with E-state index >= 15 is 0 Å². The summed E-state index contributed by atoms with van der Waals surface area (Å²) < 4.78 is 18.7. The maximum Gasteiger partial charge on any atom is 0.408 e. The van der Waals surface area contributed by atoms with Gasteiger partial charge < -0.3 is 24.4 Å². The van der Waals surface area contributed by atoms with Crippen molar-refractivity contribution >= 4 is 28.8 Å². The fourth-order valence-corrected chi connectivity index (χ4v) is 7.81. The van der Waals surface area contributed by atoms with Crippen molar-refractivity contribution in [3.8, 4) is 11.6 Å². The molecule has 6 rings (SSSR count). The van der Waals surface area contributed by atoms with Gasteiger partial charge in [0.15, 0.2) is 5.78 Å². The molecule has 1 saturated carbocycles. The minimum atomic E-state index is -0.900. The Labute approximate surface area is 294 Å². The Morgan fingerprint density at radius 1 is 1.00 bits per heavy atom. The highest BCUT2D eigenvalue weighted by Crippen LogP contribution is 2.36. The highest BCUT2D eigenvalue weighted by atomic mass is 16.6. The van der Waals surface area contributed by atoms with Crippen molar-refractivity contribution in [3.63, 3.8) is 0 Å². The highest BCUT2D eigenvalue weighted by Gasteiger charge is 2.50. The van der Waals surface area contributed by atoms with Crippen molar-refractivity contribution in [2.24, 2.45) is 17.3 Å². The number of amides is 2. The van der Waals surface area contributed by atoms with Crippen LogP contribution >= 0.6 is 0 Å². The van der Waals surface area contributed by atoms with Crippen LogP contribution < -0.4 is 14.8 Å². The summed E-state index contributed by atoms with van der Waals surface area (Å²) in [4.78, 5) is 61.0. The third kappa shape index (κ3) is 8.00. The normalized spacial score (nSPS) is 26.5. The molecule has 4 heterocycles. The quantitative estimate of drug-likeness (QED) is 0.339. The number of ether oxygens (including phenoxy) is 3. The second kappa shape index (κ2) is 15.3. The number of carbonyl (C=O) groups is 3. The number of hydrogen-bond acceptors (Lipinski definition) is 10. The Morgan fingerprint density at radius 2 is 1.82 bits per heavy atom. The van der Waals surface area contributed by atoms with Gasteiger partial charge in [0.1, 0.15) is 36.3 Å². The van der Waals surface area contributed by atoms with Gasteiger partial charge in [-0.3, -0.25) is 19.6 Å². The van der Waals surface area contributed by atoms with Crippen molar-refractivity contribution in [2.75, 3.05) is 6.54 Å². The fourth-order valence-electron chi connectivity index (χ4n) is 7.81. The zero-order valence-electron chi connectivity index (χ0n) is 29.9. The van der Waals surface area contributed by atoms with E-state index in [1.807, 2.05) is 45.9 Å². The van der Waals surface area contributed by atoms with Crippen molar-refractivity contribution in [1.82, 2.24) is 30.2 Å². The molecule has 0 spiro atoms. The van der Waals surface area contributed by atoms with Crippen LogP contribution in [0, 0.1) is 17.3 Å². The topological polar surface area (TPSA) is 146 Å². The summed E-state index contributed by atoms with van der Waals surface area (Å²) in [5.41, 5.74) is 2.17. The largest absolute Gasteiger partial charge is 0.487 e. The molecule has 3 aliphatic rings. The molecular formula is C38H50N6O6. The van der Waals surface area contributed by atoms with E-state index in [4.69, 9.17) is 24.2 Å². The lowest BCUT2D eigenvalue weighted by molar-refractivity contribution is -0.141. The number of aromatic nitrogens is 4. The molecule has 6 atom stereocenters. The maximum absolute atomic E-state index is 14.4. The Morgan fingerprint density at radius 3 is 2.56 bits per heavy atom. The number of hydrogen-bond donors (Lipinski definition) is 1. The lowest BCUT2D eigenvalue weighted by Gasteiger charge is -2.35. The number of rotatable bonds is 5. The van der Waals surface area contributed by atoms with Gasteiger partial charge in [-0.1, -0.05) is 40.5 Å². The number of alkyl carbamates (subject to hydrolysis) is 1. The first kappa shape index (κ1) is 35.5. The van der Waals surface area contributed by atoms with Crippen LogP contribution in [0.15, 0.2) is 36.8 Å². The average Bonchev–Trinajstić information content (AvgIpc) is 3.69. The molecule has 2 aliphatic heterocycles. The van der Waals surface area contributed by atoms with Crippen LogP contribution in [-0.2, 0) is 27.4 Å². The van der Waals surface area contributed by atoms with Crippen molar-refractivity contribution in [2.45, 2.75) is 123 Å². The van der Waals surface area contributed by atoms with Crippen LogP contribution in [0.2, 0.25) is 0 Å². The van der Waals surface area contributed by atoms with Crippen LogP contribution in [0.25, 0.3) is 11.0 Å². The predicted molar refractivity (Wildman–Crippen MR) is 186 cm³/mol. The third-order valence-electron chi connectivity index (χ3n) is 10.4. The molecule has 1 aromatic carbocycles. The third-order valence-corrected chi connectivity index (χ3v) is 10.4. The standard InChI is InChI=1S/C38H50N6O6/c1-6-27-32-21-44(33(27)23(2)45)36(46)34(38(3,4)5)43-37(47)50-31-14-10-12-24(31)11-8-7-9-13-29-35(49-32)42-30-19-26(15-16-28(30)41-29)48-22-25-20-39-17-18-40-25/h15-20,24,27,31-34H,6-14,21-22H2,1-5H3,(H,43,47)/t24-,27-,31-,32+,33-,34-/m1/s1. The van der Waals surface area contributed by atoms with Crippen molar-refractivity contribution in [3.05, 3.63) is 48.2 Å². The van der Waals surface area contributed by atoms with E-state index in [0.717, 1.165) is 56.2 Å². The van der Waals surface area contributed by atoms with E-state index in [2.05, 4.69) is 15.3 Å². The van der Waals surface area contributed by atoms with Crippen molar-refractivity contribution < 1.29 is 28.6 Å². The highest BCUT2D eigenvalue weighted by molar-refractivity contribution is 5.92. The average molecular weight is 687 g/mol. The number of benzene rings is 1. The van der Waals surface area contributed by atoms with E-state index in [0.29, 0.717) is 41.6 Å². The summed E-state index contributed by atoms with van der Waals surface area (Å²) >= 11 is 0.